The zero-order chi connectivity index (χ0) is 19.9. The maximum absolute atomic E-state index is 12.8. The molecule has 2 aliphatic rings. The Morgan fingerprint density at radius 3 is 2.44 bits per heavy atom. The number of methoxy groups -OCH3 is 1. The molecule has 2 atom stereocenters. The van der Waals surface area contributed by atoms with Crippen LogP contribution in [0, 0.1) is 5.41 Å². The summed E-state index contributed by atoms with van der Waals surface area (Å²) < 4.78 is 18.2. The maximum atomic E-state index is 12.8. The van der Waals surface area contributed by atoms with E-state index in [0.717, 1.165) is 10.9 Å². The zero-order valence-corrected chi connectivity index (χ0v) is 18.2. The molecule has 5 nitrogen and oxygen atoms in total. The average Bonchev–Trinajstić information content (AvgIpc) is 3.11. The zero-order valence-electron chi connectivity index (χ0n) is 16.5. The van der Waals surface area contributed by atoms with Crippen molar-refractivity contribution in [3.63, 3.8) is 0 Å². The van der Waals surface area contributed by atoms with E-state index in [1.807, 2.05) is 39.0 Å². The first kappa shape index (κ1) is 20.1. The van der Waals surface area contributed by atoms with Crippen molar-refractivity contribution in [1.82, 2.24) is 0 Å². The summed E-state index contributed by atoms with van der Waals surface area (Å²) in [7, 11) is 1.37. The Balaban J connectivity index is 1.84. The molecule has 3 rings (SSSR count). The normalized spacial score (nSPS) is 28.0. The van der Waals surface area contributed by atoms with E-state index in [9.17, 15) is 9.59 Å². The van der Waals surface area contributed by atoms with E-state index in [1.54, 1.807) is 6.92 Å². The Labute approximate surface area is 166 Å². The van der Waals surface area contributed by atoms with Crippen LogP contribution in [0.15, 0.2) is 41.5 Å². The van der Waals surface area contributed by atoms with Crippen molar-refractivity contribution in [2.45, 2.75) is 57.2 Å². The molecule has 1 spiro atoms. The van der Waals surface area contributed by atoms with Crippen molar-refractivity contribution in [1.29, 1.82) is 0 Å². The van der Waals surface area contributed by atoms with E-state index in [4.69, 9.17) is 14.2 Å². The molecule has 1 aromatic carbocycles. The van der Waals surface area contributed by atoms with Gasteiger partial charge in [0.05, 0.1) is 0 Å². The molecule has 146 valence electrons. The number of carbonyl (C=O) groups is 2. The second-order valence-corrected chi connectivity index (χ2v) is 10.4. The Kier molecular flexibility index (Phi) is 5.28. The van der Waals surface area contributed by atoms with Crippen LogP contribution in [0.1, 0.15) is 40.5 Å². The van der Waals surface area contributed by atoms with Crippen LogP contribution in [0.5, 0.6) is 0 Å². The van der Waals surface area contributed by atoms with Crippen molar-refractivity contribution < 1.29 is 23.8 Å². The Morgan fingerprint density at radius 1 is 1.22 bits per heavy atom. The van der Waals surface area contributed by atoms with Gasteiger partial charge < -0.3 is 0 Å². The van der Waals surface area contributed by atoms with Crippen LogP contribution in [0.4, 0.5) is 0 Å². The molecule has 1 heterocycles. The minimum absolute atomic E-state index is 0.164. The minimum atomic E-state index is -1.12. The van der Waals surface area contributed by atoms with Gasteiger partial charge in [0.25, 0.3) is 0 Å². The molecule has 1 saturated heterocycles. The Morgan fingerprint density at radius 2 is 1.89 bits per heavy atom. The number of cyclic esters (lactones) is 1. The number of benzene rings is 1. The fraction of sp³-hybridized carbons (Fsp3) is 0.524. The van der Waals surface area contributed by atoms with E-state index in [1.165, 1.54) is 11.6 Å². The van der Waals surface area contributed by atoms with Gasteiger partial charge in [-0.25, -0.2) is 0 Å². The third-order valence-corrected chi connectivity index (χ3v) is 7.69. The van der Waals surface area contributed by atoms with Crippen LogP contribution in [0.25, 0.3) is 0 Å². The molecule has 0 bridgehead atoms. The molecule has 1 aromatic rings. The van der Waals surface area contributed by atoms with Gasteiger partial charge in [-0.2, -0.15) is 0 Å². The third kappa shape index (κ3) is 3.71. The average molecular weight is 437 g/mol. The standard InChI is InChI=1S/C21H26O5Se/c1-19(2,3)20(4)25-18(23)21(26-20)11-14(16(12-21)17(22)24-5)13-27-15-9-7-6-8-10-15/h6-10H,11-13H2,1-5H3/t20-,21-/m1/s1. The molecule has 27 heavy (non-hydrogen) atoms. The second kappa shape index (κ2) is 7.08. The van der Waals surface area contributed by atoms with Crippen molar-refractivity contribution in [2.75, 3.05) is 7.11 Å². The summed E-state index contributed by atoms with van der Waals surface area (Å²) in [6.45, 7) is 7.72. The quantitative estimate of drug-likeness (QED) is 0.536. The molecule has 1 aliphatic heterocycles. The molecule has 0 unspecified atom stereocenters. The number of hydrogen-bond donors (Lipinski definition) is 0. The number of esters is 2. The summed E-state index contributed by atoms with van der Waals surface area (Å²) in [5, 5.41) is 0.742. The van der Waals surface area contributed by atoms with Crippen molar-refractivity contribution in [3.05, 3.63) is 41.5 Å². The second-order valence-electron chi connectivity index (χ2n) is 8.21. The van der Waals surface area contributed by atoms with E-state index in [2.05, 4.69) is 12.1 Å². The van der Waals surface area contributed by atoms with Crippen LogP contribution in [0.3, 0.4) is 0 Å². The van der Waals surface area contributed by atoms with E-state index >= 15 is 0 Å². The first-order chi connectivity index (χ1) is 12.6. The summed E-state index contributed by atoms with van der Waals surface area (Å²) in [5.41, 5.74) is 0.00772. The molecule has 6 heteroatoms. The van der Waals surface area contributed by atoms with Crippen molar-refractivity contribution in [2.24, 2.45) is 5.41 Å². The number of rotatable bonds is 4. The molecule has 1 fully saturated rings. The van der Waals surface area contributed by atoms with E-state index < -0.39 is 11.4 Å². The van der Waals surface area contributed by atoms with Crippen LogP contribution < -0.4 is 4.46 Å². The van der Waals surface area contributed by atoms with Crippen LogP contribution >= 0.6 is 0 Å². The first-order valence-electron chi connectivity index (χ1n) is 9.01. The Hall–Kier alpha value is -1.62. The van der Waals surface area contributed by atoms with Gasteiger partial charge in [-0.15, -0.1) is 0 Å². The van der Waals surface area contributed by atoms with Gasteiger partial charge in [-0.05, 0) is 0 Å². The number of hydrogen-bond acceptors (Lipinski definition) is 5. The van der Waals surface area contributed by atoms with Gasteiger partial charge in [0.2, 0.25) is 0 Å². The first-order valence-corrected chi connectivity index (χ1v) is 11.1. The molecular weight excluding hydrogens is 411 g/mol. The predicted molar refractivity (Wildman–Crippen MR) is 103 cm³/mol. The van der Waals surface area contributed by atoms with Gasteiger partial charge in [0, 0.05) is 0 Å². The summed E-state index contributed by atoms with van der Waals surface area (Å²) in [5.74, 6) is -1.79. The van der Waals surface area contributed by atoms with Crippen molar-refractivity contribution >= 4 is 31.4 Å². The summed E-state index contributed by atoms with van der Waals surface area (Å²) >= 11 is 0.164. The molecular formula is C21H26O5Se. The van der Waals surface area contributed by atoms with Crippen LogP contribution in [-0.4, -0.2) is 45.4 Å². The fourth-order valence-corrected chi connectivity index (χ4v) is 5.35. The number of ether oxygens (including phenoxy) is 3. The van der Waals surface area contributed by atoms with Crippen LogP contribution in [-0.2, 0) is 23.8 Å². The van der Waals surface area contributed by atoms with Gasteiger partial charge in [0.1, 0.15) is 0 Å². The van der Waals surface area contributed by atoms with E-state index in [0.29, 0.717) is 12.0 Å². The number of carbonyl (C=O) groups excluding carboxylic acids is 2. The molecule has 0 N–H and O–H groups in total. The third-order valence-electron chi connectivity index (χ3n) is 5.39. The fourth-order valence-electron chi connectivity index (χ4n) is 3.32. The Bertz CT molecular complexity index is 780. The van der Waals surface area contributed by atoms with Gasteiger partial charge in [-0.1, -0.05) is 0 Å². The molecule has 0 radical (unpaired) electrons. The monoisotopic (exact) mass is 438 g/mol. The molecule has 0 aromatic heterocycles. The molecule has 1 aliphatic carbocycles. The van der Waals surface area contributed by atoms with Crippen LogP contribution in [0.2, 0.25) is 5.32 Å². The SMILES string of the molecule is COC(=O)C1=C(C[Se]c2ccccc2)C[C@]2(C1)O[C@](C)(C(C)(C)C)OC2=O. The topological polar surface area (TPSA) is 61.8 Å². The molecule has 0 amide bonds. The van der Waals surface area contributed by atoms with Crippen molar-refractivity contribution in [3.8, 4) is 0 Å². The molecule has 0 saturated carbocycles. The summed E-state index contributed by atoms with van der Waals surface area (Å²) in [6.07, 6.45) is 0.598. The van der Waals surface area contributed by atoms with E-state index in [-0.39, 0.29) is 38.7 Å². The summed E-state index contributed by atoms with van der Waals surface area (Å²) in [6, 6.07) is 10.2. The van der Waals surface area contributed by atoms with Gasteiger partial charge in [0.15, 0.2) is 0 Å². The van der Waals surface area contributed by atoms with Gasteiger partial charge >= 0.3 is 166 Å². The van der Waals surface area contributed by atoms with Gasteiger partial charge in [-0.3, -0.25) is 0 Å². The summed E-state index contributed by atoms with van der Waals surface area (Å²) in [4.78, 5) is 25.2. The predicted octanol–water partition coefficient (Wildman–Crippen LogP) is 2.77.